The van der Waals surface area contributed by atoms with Crippen LogP contribution in [-0.4, -0.2) is 42.1 Å². The van der Waals surface area contributed by atoms with E-state index in [4.69, 9.17) is 14.2 Å². The number of hydrogen-bond acceptors (Lipinski definition) is 7. The fourth-order valence-electron chi connectivity index (χ4n) is 3.84. The van der Waals surface area contributed by atoms with Gasteiger partial charge in [-0.2, -0.15) is 0 Å². The van der Waals surface area contributed by atoms with Gasteiger partial charge in [-0.25, -0.2) is 14.2 Å². The summed E-state index contributed by atoms with van der Waals surface area (Å²) in [7, 11) is 1.36. The molecular formula is C25H31FN2O6. The molecule has 1 aromatic carbocycles. The number of nitrogens with one attached hydrogen (secondary N) is 1. The van der Waals surface area contributed by atoms with Crippen molar-refractivity contribution in [2.45, 2.75) is 59.6 Å². The molecule has 1 aromatic heterocycles. The number of hydrogen-bond donors (Lipinski definition) is 1. The largest absolute Gasteiger partial charge is 0.493 e. The van der Waals surface area contributed by atoms with Gasteiger partial charge in [0.05, 0.1) is 7.11 Å². The zero-order valence-electron chi connectivity index (χ0n) is 20.5. The van der Waals surface area contributed by atoms with Crippen molar-refractivity contribution in [1.82, 2.24) is 10.3 Å². The Balaban J connectivity index is 2.16. The maximum absolute atomic E-state index is 13.6. The summed E-state index contributed by atoms with van der Waals surface area (Å²) in [5, 5.41) is 2.52. The molecule has 2 aromatic rings. The van der Waals surface area contributed by atoms with Gasteiger partial charge in [-0.15, -0.1) is 0 Å². The lowest BCUT2D eigenvalue weighted by Crippen LogP contribution is -2.42. The smallest absolute Gasteiger partial charge is 0.328 e. The van der Waals surface area contributed by atoms with Crippen LogP contribution in [0.2, 0.25) is 0 Å². The summed E-state index contributed by atoms with van der Waals surface area (Å²) in [5.41, 5.74) is 1.45. The van der Waals surface area contributed by atoms with Gasteiger partial charge < -0.3 is 19.5 Å². The monoisotopic (exact) mass is 474 g/mol. The summed E-state index contributed by atoms with van der Waals surface area (Å²) in [5.74, 6) is -2.44. The van der Waals surface area contributed by atoms with Crippen molar-refractivity contribution in [1.29, 1.82) is 0 Å². The first-order valence-electron chi connectivity index (χ1n) is 10.9. The van der Waals surface area contributed by atoms with E-state index in [1.807, 2.05) is 20.8 Å². The van der Waals surface area contributed by atoms with Gasteiger partial charge in [-0.3, -0.25) is 9.59 Å². The number of pyridine rings is 1. The molecule has 1 amide bonds. The Morgan fingerprint density at radius 1 is 1.09 bits per heavy atom. The highest BCUT2D eigenvalue weighted by molar-refractivity contribution is 5.98. The molecule has 1 N–H and O–H groups in total. The number of nitrogens with zero attached hydrogens (tertiary/aromatic N) is 1. The van der Waals surface area contributed by atoms with Crippen molar-refractivity contribution in [2.75, 3.05) is 7.11 Å². The minimum atomic E-state index is -1.02. The van der Waals surface area contributed by atoms with E-state index >= 15 is 0 Å². The van der Waals surface area contributed by atoms with Crippen molar-refractivity contribution in [3.05, 3.63) is 53.1 Å². The molecule has 0 aliphatic carbocycles. The molecule has 0 aliphatic heterocycles. The van der Waals surface area contributed by atoms with Crippen LogP contribution >= 0.6 is 0 Å². The minimum absolute atomic E-state index is 0.101. The predicted octanol–water partition coefficient (Wildman–Crippen LogP) is 3.95. The molecular weight excluding hydrogens is 443 g/mol. The second-order valence-corrected chi connectivity index (χ2v) is 8.39. The Labute approximate surface area is 198 Å². The predicted molar refractivity (Wildman–Crippen MR) is 123 cm³/mol. The molecule has 1 heterocycles. The van der Waals surface area contributed by atoms with Crippen LogP contribution in [0.25, 0.3) is 0 Å². The second kappa shape index (κ2) is 11.6. The van der Waals surface area contributed by atoms with E-state index in [-0.39, 0.29) is 34.8 Å². The Morgan fingerprint density at radius 2 is 1.76 bits per heavy atom. The number of benzene rings is 1. The molecule has 8 nitrogen and oxygen atoms in total. The Bertz CT molecular complexity index is 1060. The first-order valence-corrected chi connectivity index (χ1v) is 10.9. The highest BCUT2D eigenvalue weighted by Gasteiger charge is 2.30. The number of aromatic nitrogens is 1. The third-order valence-corrected chi connectivity index (χ3v) is 5.37. The number of carbonyl (C=O) groups is 3. The van der Waals surface area contributed by atoms with Crippen LogP contribution < -0.4 is 14.8 Å². The van der Waals surface area contributed by atoms with Crippen molar-refractivity contribution in [2.24, 2.45) is 5.92 Å². The summed E-state index contributed by atoms with van der Waals surface area (Å²) in [6.07, 6.45) is 0.784. The van der Waals surface area contributed by atoms with Gasteiger partial charge >= 0.3 is 11.9 Å². The van der Waals surface area contributed by atoms with Gasteiger partial charge in [0, 0.05) is 25.1 Å². The summed E-state index contributed by atoms with van der Waals surface area (Å²) in [4.78, 5) is 41.0. The molecule has 0 saturated heterocycles. The highest BCUT2D eigenvalue weighted by atomic mass is 19.1. The van der Waals surface area contributed by atoms with Crippen LogP contribution in [0.5, 0.6) is 11.5 Å². The van der Waals surface area contributed by atoms with Crippen LogP contribution in [0, 0.1) is 18.7 Å². The van der Waals surface area contributed by atoms with Gasteiger partial charge in [-0.05, 0) is 49.9 Å². The topological polar surface area (TPSA) is 104 Å². The lowest BCUT2D eigenvalue weighted by atomic mass is 9.82. The van der Waals surface area contributed by atoms with Gasteiger partial charge in [0.2, 0.25) is 5.75 Å². The van der Waals surface area contributed by atoms with Crippen LogP contribution in [0.15, 0.2) is 30.5 Å². The third-order valence-electron chi connectivity index (χ3n) is 5.37. The highest BCUT2D eigenvalue weighted by Crippen LogP contribution is 2.33. The number of methoxy groups -OCH3 is 1. The van der Waals surface area contributed by atoms with E-state index in [0.717, 1.165) is 11.1 Å². The Hall–Kier alpha value is -3.49. The Morgan fingerprint density at radius 3 is 2.32 bits per heavy atom. The SMILES string of the molecule is COc1ccnc(C(=O)N[C@@H](C)C(=O)O[C@@H](C)[C@H](c2ccc(F)cc2C)C(C)C)c1OC(C)=O. The van der Waals surface area contributed by atoms with E-state index in [0.29, 0.717) is 0 Å². The van der Waals surface area contributed by atoms with Crippen molar-refractivity contribution in [3.8, 4) is 11.5 Å². The zero-order chi connectivity index (χ0) is 25.6. The molecule has 2 rings (SSSR count). The minimum Gasteiger partial charge on any atom is -0.493 e. The number of ether oxygens (including phenoxy) is 3. The maximum Gasteiger partial charge on any atom is 0.328 e. The molecule has 0 radical (unpaired) electrons. The van der Waals surface area contributed by atoms with E-state index in [1.54, 1.807) is 13.0 Å². The normalized spacial score (nSPS) is 13.6. The molecule has 0 saturated carbocycles. The van der Waals surface area contributed by atoms with Crippen LogP contribution in [-0.2, 0) is 14.3 Å². The average molecular weight is 475 g/mol. The van der Waals surface area contributed by atoms with E-state index < -0.39 is 30.0 Å². The van der Waals surface area contributed by atoms with Gasteiger partial charge in [-0.1, -0.05) is 19.9 Å². The second-order valence-electron chi connectivity index (χ2n) is 8.39. The van der Waals surface area contributed by atoms with E-state index in [2.05, 4.69) is 10.3 Å². The molecule has 0 bridgehead atoms. The summed E-state index contributed by atoms with van der Waals surface area (Å²) in [6, 6.07) is 4.96. The number of amides is 1. The number of carbonyl (C=O) groups excluding carboxylic acids is 3. The number of esters is 2. The number of halogens is 1. The number of rotatable bonds is 9. The molecule has 0 fully saturated rings. The van der Waals surface area contributed by atoms with Crippen LogP contribution in [0.3, 0.4) is 0 Å². The summed E-state index contributed by atoms with van der Waals surface area (Å²) >= 11 is 0. The maximum atomic E-state index is 13.6. The molecule has 9 heteroatoms. The molecule has 0 aliphatic rings. The van der Waals surface area contributed by atoms with Crippen molar-refractivity contribution < 1.29 is 33.0 Å². The molecule has 34 heavy (non-hydrogen) atoms. The third kappa shape index (κ3) is 6.52. The molecule has 0 unspecified atom stereocenters. The lowest BCUT2D eigenvalue weighted by molar-refractivity contribution is -0.151. The summed E-state index contributed by atoms with van der Waals surface area (Å²) < 4.78 is 29.5. The number of aryl methyl sites for hydroxylation is 1. The Kier molecular flexibility index (Phi) is 9.11. The van der Waals surface area contributed by atoms with Crippen LogP contribution in [0.1, 0.15) is 62.2 Å². The molecule has 0 spiro atoms. The van der Waals surface area contributed by atoms with Gasteiger partial charge in [0.15, 0.2) is 11.4 Å². The standard InChI is InChI=1S/C25H31FN2O6/c1-13(2)21(19-9-8-18(26)12-14(19)3)16(5)33-25(31)15(4)28-24(30)22-23(34-17(6)29)20(32-7)10-11-27-22/h8-13,15-16,21H,1-7H3,(H,28,30)/t15-,16-,21+/m0/s1. The fraction of sp³-hybridized carbons (Fsp3) is 0.440. The lowest BCUT2D eigenvalue weighted by Gasteiger charge is -2.30. The molecule has 184 valence electrons. The van der Waals surface area contributed by atoms with Crippen LogP contribution in [0.4, 0.5) is 4.39 Å². The quantitative estimate of drug-likeness (QED) is 0.549. The van der Waals surface area contributed by atoms with Gasteiger partial charge in [0.1, 0.15) is 18.0 Å². The van der Waals surface area contributed by atoms with Gasteiger partial charge in [0.25, 0.3) is 5.91 Å². The van der Waals surface area contributed by atoms with E-state index in [9.17, 15) is 18.8 Å². The van der Waals surface area contributed by atoms with Crippen molar-refractivity contribution >= 4 is 17.8 Å². The average Bonchev–Trinajstić information content (AvgIpc) is 2.74. The van der Waals surface area contributed by atoms with E-state index in [1.165, 1.54) is 45.4 Å². The fourth-order valence-corrected chi connectivity index (χ4v) is 3.84. The van der Waals surface area contributed by atoms with Crippen molar-refractivity contribution in [3.63, 3.8) is 0 Å². The summed E-state index contributed by atoms with van der Waals surface area (Å²) in [6.45, 7) is 10.2. The first kappa shape index (κ1) is 26.8. The molecule has 3 atom stereocenters. The zero-order valence-corrected chi connectivity index (χ0v) is 20.5. The first-order chi connectivity index (χ1) is 16.0.